The number of allylic oxidation sites excluding steroid dienone is 2. The van der Waals surface area contributed by atoms with E-state index < -0.39 is 0 Å². The van der Waals surface area contributed by atoms with Gasteiger partial charge in [-0.3, -0.25) is 0 Å². The fraction of sp³-hybridized carbons (Fsp3) is 0.556. The summed E-state index contributed by atoms with van der Waals surface area (Å²) >= 11 is 0. The van der Waals surface area contributed by atoms with Crippen molar-refractivity contribution in [2.45, 2.75) is 51.4 Å². The molecule has 0 aromatic carbocycles. The molecular formula is C18H28N4. The second-order valence-electron chi connectivity index (χ2n) is 7.03. The van der Waals surface area contributed by atoms with Gasteiger partial charge in [0.05, 0.1) is 22.8 Å². The summed E-state index contributed by atoms with van der Waals surface area (Å²) in [6.07, 6.45) is 4.28. The van der Waals surface area contributed by atoms with Gasteiger partial charge in [0.25, 0.3) is 0 Å². The van der Waals surface area contributed by atoms with Crippen LogP contribution in [0.5, 0.6) is 0 Å². The lowest BCUT2D eigenvalue weighted by atomic mass is 9.85. The molecule has 3 rings (SSSR count). The summed E-state index contributed by atoms with van der Waals surface area (Å²) in [6, 6.07) is 1.03. The van der Waals surface area contributed by atoms with E-state index in [2.05, 4.69) is 67.5 Å². The highest BCUT2D eigenvalue weighted by Crippen LogP contribution is 2.47. The number of rotatable bonds is 1. The molecule has 2 fully saturated rings. The maximum atomic E-state index is 4.36. The summed E-state index contributed by atoms with van der Waals surface area (Å²) < 4.78 is 0. The van der Waals surface area contributed by atoms with Crippen LogP contribution in [0.2, 0.25) is 0 Å². The SMILES string of the molecule is C=C1NC2(CC(C)N(C)C(C)C2)N2C(=C)C(NC)=CC(C)=C12. The maximum Gasteiger partial charge on any atom is 0.118 e. The van der Waals surface area contributed by atoms with Gasteiger partial charge in [-0.05, 0) is 39.5 Å². The van der Waals surface area contributed by atoms with E-state index in [1.807, 2.05) is 7.05 Å². The highest BCUT2D eigenvalue weighted by molar-refractivity contribution is 5.53. The van der Waals surface area contributed by atoms with Crippen molar-refractivity contribution in [3.8, 4) is 0 Å². The summed E-state index contributed by atoms with van der Waals surface area (Å²) in [5.74, 6) is 0. The zero-order valence-electron chi connectivity index (χ0n) is 14.5. The molecule has 3 aliphatic heterocycles. The highest BCUT2D eigenvalue weighted by Gasteiger charge is 2.52. The summed E-state index contributed by atoms with van der Waals surface area (Å²) in [5.41, 5.74) is 5.49. The van der Waals surface area contributed by atoms with Crippen LogP contribution in [0.1, 0.15) is 33.6 Å². The molecule has 2 atom stereocenters. The minimum atomic E-state index is -0.105. The molecule has 2 N–H and O–H groups in total. The quantitative estimate of drug-likeness (QED) is 0.779. The van der Waals surface area contributed by atoms with Crippen LogP contribution in [0.4, 0.5) is 0 Å². The third-order valence-corrected chi connectivity index (χ3v) is 5.56. The number of piperidine rings is 1. The van der Waals surface area contributed by atoms with Gasteiger partial charge < -0.3 is 20.4 Å². The fourth-order valence-corrected chi connectivity index (χ4v) is 4.33. The van der Waals surface area contributed by atoms with Gasteiger partial charge in [-0.15, -0.1) is 0 Å². The molecule has 0 aromatic rings. The number of likely N-dealkylation sites (N-methyl/N-ethyl adjacent to an activating group) is 1. The normalized spacial score (nSPS) is 35.7. The van der Waals surface area contributed by atoms with Crippen molar-refractivity contribution in [1.29, 1.82) is 0 Å². The minimum absolute atomic E-state index is 0.105. The monoisotopic (exact) mass is 300 g/mol. The lowest BCUT2D eigenvalue weighted by Crippen LogP contribution is -2.62. The van der Waals surface area contributed by atoms with E-state index in [0.29, 0.717) is 12.1 Å². The fourth-order valence-electron chi connectivity index (χ4n) is 4.33. The smallest absolute Gasteiger partial charge is 0.118 e. The van der Waals surface area contributed by atoms with E-state index >= 15 is 0 Å². The molecule has 0 radical (unpaired) electrons. The standard InChI is InChI=1S/C18H28N4/c1-11-8-16(19-6)15(5)22-17(11)14(4)20-18(22)9-12(2)21(7)13(3)10-18/h8,12-13,19-20H,4-5,9-10H2,1-3,6-7H3. The molecule has 0 aromatic heterocycles. The van der Waals surface area contributed by atoms with E-state index in [1.54, 1.807) is 0 Å². The number of nitrogens with zero attached hydrogens (tertiary/aromatic N) is 2. The van der Waals surface area contributed by atoms with Crippen molar-refractivity contribution in [2.24, 2.45) is 0 Å². The largest absolute Gasteiger partial charge is 0.386 e. The molecule has 0 bridgehead atoms. The minimum Gasteiger partial charge on any atom is -0.386 e. The second-order valence-corrected chi connectivity index (χ2v) is 7.03. The zero-order chi connectivity index (χ0) is 16.2. The van der Waals surface area contributed by atoms with E-state index in [1.165, 1.54) is 11.3 Å². The number of hydrogen-bond acceptors (Lipinski definition) is 4. The van der Waals surface area contributed by atoms with Crippen LogP contribution in [-0.2, 0) is 0 Å². The van der Waals surface area contributed by atoms with E-state index in [9.17, 15) is 0 Å². The molecule has 4 nitrogen and oxygen atoms in total. The van der Waals surface area contributed by atoms with E-state index in [4.69, 9.17) is 0 Å². The summed E-state index contributed by atoms with van der Waals surface area (Å²) in [6.45, 7) is 15.4. The number of likely N-dealkylation sites (tertiary alicyclic amines) is 1. The van der Waals surface area contributed by atoms with Crippen LogP contribution in [0.3, 0.4) is 0 Å². The third-order valence-electron chi connectivity index (χ3n) is 5.56. The first-order valence-corrected chi connectivity index (χ1v) is 8.10. The van der Waals surface area contributed by atoms with Crippen molar-refractivity contribution in [3.05, 3.63) is 47.6 Å². The Morgan fingerprint density at radius 1 is 1.27 bits per heavy atom. The van der Waals surface area contributed by atoms with Crippen LogP contribution < -0.4 is 10.6 Å². The zero-order valence-corrected chi connectivity index (χ0v) is 14.5. The Morgan fingerprint density at radius 3 is 2.41 bits per heavy atom. The molecule has 4 heteroatoms. The van der Waals surface area contributed by atoms with E-state index in [-0.39, 0.29) is 5.66 Å². The lowest BCUT2D eigenvalue weighted by Gasteiger charge is -2.51. The predicted octanol–water partition coefficient (Wildman–Crippen LogP) is 2.51. The van der Waals surface area contributed by atoms with Crippen LogP contribution in [-0.4, -0.2) is 41.6 Å². The van der Waals surface area contributed by atoms with Crippen LogP contribution in [0.25, 0.3) is 0 Å². The molecule has 3 aliphatic rings. The van der Waals surface area contributed by atoms with Crippen LogP contribution in [0.15, 0.2) is 47.6 Å². The Labute approximate surface area is 134 Å². The Bertz CT molecular complexity index is 586. The van der Waals surface area contributed by atoms with Gasteiger partial charge in [0.1, 0.15) is 5.66 Å². The number of nitrogens with one attached hydrogen (secondary N) is 2. The molecule has 2 unspecified atom stereocenters. The van der Waals surface area contributed by atoms with Crippen molar-refractivity contribution in [3.63, 3.8) is 0 Å². The highest BCUT2D eigenvalue weighted by atomic mass is 15.4. The molecule has 0 aliphatic carbocycles. The van der Waals surface area contributed by atoms with Gasteiger partial charge in [0.15, 0.2) is 0 Å². The van der Waals surface area contributed by atoms with Gasteiger partial charge in [0.2, 0.25) is 0 Å². The molecular weight excluding hydrogens is 272 g/mol. The van der Waals surface area contributed by atoms with Gasteiger partial charge >= 0.3 is 0 Å². The number of hydrogen-bond donors (Lipinski definition) is 2. The van der Waals surface area contributed by atoms with Crippen LogP contribution in [0, 0.1) is 0 Å². The topological polar surface area (TPSA) is 30.5 Å². The average Bonchev–Trinajstić information content (AvgIpc) is 2.73. The van der Waals surface area contributed by atoms with Gasteiger partial charge in [-0.2, -0.15) is 0 Å². The lowest BCUT2D eigenvalue weighted by molar-refractivity contribution is 0.0149. The maximum absolute atomic E-state index is 4.36. The van der Waals surface area contributed by atoms with Crippen molar-refractivity contribution < 1.29 is 0 Å². The van der Waals surface area contributed by atoms with Gasteiger partial charge in [-0.1, -0.05) is 13.2 Å². The molecule has 22 heavy (non-hydrogen) atoms. The predicted molar refractivity (Wildman–Crippen MR) is 91.7 cm³/mol. The summed E-state index contributed by atoms with van der Waals surface area (Å²) in [4.78, 5) is 4.86. The van der Waals surface area contributed by atoms with E-state index in [0.717, 1.165) is 29.9 Å². The third kappa shape index (κ3) is 1.93. The molecule has 2 saturated heterocycles. The van der Waals surface area contributed by atoms with Crippen LogP contribution >= 0.6 is 0 Å². The molecule has 0 saturated carbocycles. The van der Waals surface area contributed by atoms with Crippen molar-refractivity contribution in [2.75, 3.05) is 14.1 Å². The Kier molecular flexibility index (Phi) is 3.40. The first-order valence-electron chi connectivity index (χ1n) is 8.10. The molecule has 120 valence electrons. The summed E-state index contributed by atoms with van der Waals surface area (Å²) in [5, 5.41) is 7.01. The molecule has 3 heterocycles. The second kappa shape index (κ2) is 4.92. The van der Waals surface area contributed by atoms with Gasteiger partial charge in [-0.25, -0.2) is 0 Å². The van der Waals surface area contributed by atoms with Crippen molar-refractivity contribution >= 4 is 0 Å². The summed E-state index contributed by atoms with van der Waals surface area (Å²) in [7, 11) is 4.18. The Morgan fingerprint density at radius 2 is 1.86 bits per heavy atom. The molecule has 1 spiro atoms. The average molecular weight is 300 g/mol. The van der Waals surface area contributed by atoms with Crippen molar-refractivity contribution in [1.82, 2.24) is 20.4 Å². The Hall–Kier alpha value is -1.68. The molecule has 0 amide bonds. The van der Waals surface area contributed by atoms with Gasteiger partial charge in [0, 0.05) is 32.0 Å². The Balaban J connectivity index is 2.08. The number of fused-ring (bicyclic) bond motifs is 2. The first-order chi connectivity index (χ1) is 10.3. The first kappa shape index (κ1) is 15.2.